The molecule has 9 nitrogen and oxygen atoms in total. The van der Waals surface area contributed by atoms with Gasteiger partial charge in [-0.25, -0.2) is 14.2 Å². The van der Waals surface area contributed by atoms with E-state index in [-0.39, 0.29) is 17.4 Å². The lowest BCUT2D eigenvalue weighted by atomic mass is 9.69. The number of nitrogens with two attached hydrogens (primary N) is 1. The van der Waals surface area contributed by atoms with Gasteiger partial charge >= 0.3 is 6.03 Å². The molecule has 0 spiro atoms. The zero-order valence-corrected chi connectivity index (χ0v) is 21.0. The zero-order valence-electron chi connectivity index (χ0n) is 21.0. The number of nitrogens with zero attached hydrogens (tertiary/aromatic N) is 2. The van der Waals surface area contributed by atoms with Crippen LogP contribution in [0.1, 0.15) is 41.3 Å². The first-order chi connectivity index (χ1) is 18.2. The molecule has 0 radical (unpaired) electrons. The number of morpholine rings is 1. The highest BCUT2D eigenvalue weighted by atomic mass is 19.1. The molecule has 1 fully saturated rings. The van der Waals surface area contributed by atoms with E-state index in [1.165, 1.54) is 12.1 Å². The van der Waals surface area contributed by atoms with E-state index in [4.69, 9.17) is 15.2 Å². The Labute approximate surface area is 218 Å². The van der Waals surface area contributed by atoms with Crippen LogP contribution in [0.15, 0.2) is 54.6 Å². The number of carbonyl (C=O) groups excluding carboxylic acids is 3. The monoisotopic (exact) mass is 518 g/mol. The van der Waals surface area contributed by atoms with Crippen molar-refractivity contribution in [3.8, 4) is 22.9 Å². The lowest BCUT2D eigenvalue weighted by Gasteiger charge is -2.37. The zero-order chi connectivity index (χ0) is 27.0. The fraction of sp³-hybridized carbons (Fsp3) is 0.286. The number of urea groups is 1. The first kappa shape index (κ1) is 25.3. The van der Waals surface area contributed by atoms with Crippen molar-refractivity contribution in [3.63, 3.8) is 0 Å². The molecule has 3 heterocycles. The maximum Gasteiger partial charge on any atom is 0.318 e. The Morgan fingerprint density at radius 2 is 1.79 bits per heavy atom. The Bertz CT molecular complexity index is 1430. The number of aromatic nitrogens is 1. The van der Waals surface area contributed by atoms with Gasteiger partial charge in [0, 0.05) is 35.7 Å². The number of imide groups is 1. The van der Waals surface area contributed by atoms with Gasteiger partial charge in [-0.2, -0.15) is 0 Å². The minimum absolute atomic E-state index is 0.0129. The van der Waals surface area contributed by atoms with E-state index in [1.54, 1.807) is 49.1 Å². The first-order valence-electron chi connectivity index (χ1n) is 12.2. The molecule has 2 aliphatic heterocycles. The highest BCUT2D eigenvalue weighted by Gasteiger charge is 2.44. The average molecular weight is 519 g/mol. The van der Waals surface area contributed by atoms with Crippen molar-refractivity contribution >= 4 is 17.8 Å². The molecule has 1 atom stereocenters. The smallest absolute Gasteiger partial charge is 0.318 e. The van der Waals surface area contributed by atoms with Gasteiger partial charge in [0.2, 0.25) is 11.8 Å². The van der Waals surface area contributed by atoms with Gasteiger partial charge < -0.3 is 20.1 Å². The third-order valence-electron chi connectivity index (χ3n) is 6.97. The van der Waals surface area contributed by atoms with Crippen molar-refractivity contribution in [2.75, 3.05) is 26.3 Å². The van der Waals surface area contributed by atoms with E-state index in [0.29, 0.717) is 48.9 Å². The van der Waals surface area contributed by atoms with Crippen molar-refractivity contribution < 1.29 is 28.2 Å². The summed E-state index contributed by atoms with van der Waals surface area (Å²) in [5.41, 5.74) is 6.40. The van der Waals surface area contributed by atoms with Gasteiger partial charge in [0.1, 0.15) is 11.6 Å². The molecule has 3 aromatic rings. The topological polar surface area (TPSA) is 124 Å². The highest BCUT2D eigenvalue weighted by Crippen LogP contribution is 2.51. The van der Waals surface area contributed by atoms with Crippen LogP contribution in [-0.4, -0.2) is 54.0 Å². The number of nitrogens with one attached hydrogen (secondary N) is 1. The molecule has 5 rings (SSSR count). The molecule has 0 unspecified atom stereocenters. The fourth-order valence-electron chi connectivity index (χ4n) is 4.96. The van der Waals surface area contributed by atoms with E-state index in [2.05, 4.69) is 10.3 Å². The standard InChI is InChI=1S/C28H27FN4O5/c1-28(2,26(35)32-27(30)36)23-18-5-3-4-6-22(18)38-24-19(23)9-10-21(31-24)16-7-8-17(20(29)15-16)25(34)33-11-13-37-14-12-33/h3-10,15,23H,11-14H2,1-2H3,(H3,30,32,35,36)/t23-/m0/s1. The minimum Gasteiger partial charge on any atom is -0.438 e. The molecule has 1 saturated heterocycles. The Kier molecular flexibility index (Phi) is 6.58. The van der Waals surface area contributed by atoms with E-state index < -0.39 is 29.1 Å². The number of ether oxygens (including phenoxy) is 2. The Hall–Kier alpha value is -4.31. The molecule has 0 saturated carbocycles. The number of rotatable bonds is 4. The maximum absolute atomic E-state index is 15.1. The van der Waals surface area contributed by atoms with Crippen LogP contribution in [0.2, 0.25) is 0 Å². The summed E-state index contributed by atoms with van der Waals surface area (Å²) in [6.07, 6.45) is 0. The van der Waals surface area contributed by atoms with Crippen molar-refractivity contribution in [3.05, 3.63) is 77.1 Å². The molecule has 3 N–H and O–H groups in total. The number of carbonyl (C=O) groups is 3. The summed E-state index contributed by atoms with van der Waals surface area (Å²) in [6, 6.07) is 14.2. The third-order valence-corrected chi connectivity index (χ3v) is 6.97. The fourth-order valence-corrected chi connectivity index (χ4v) is 4.96. The van der Waals surface area contributed by atoms with Gasteiger partial charge in [0.05, 0.1) is 29.9 Å². The Morgan fingerprint density at radius 1 is 1.05 bits per heavy atom. The first-order valence-corrected chi connectivity index (χ1v) is 12.2. The molecule has 2 aliphatic rings. The van der Waals surface area contributed by atoms with Gasteiger partial charge in [-0.1, -0.05) is 44.2 Å². The lowest BCUT2D eigenvalue weighted by Crippen LogP contribution is -2.46. The van der Waals surface area contributed by atoms with Gasteiger partial charge in [0.25, 0.3) is 5.91 Å². The average Bonchev–Trinajstić information content (AvgIpc) is 2.91. The molecule has 4 amide bonds. The SMILES string of the molecule is CC(C)(C(=O)NC(N)=O)[C@H]1c2ccccc2Oc2nc(-c3ccc(C(=O)N4CCOCC4)c(F)c3)ccc21. The van der Waals surface area contributed by atoms with Crippen molar-refractivity contribution in [2.45, 2.75) is 19.8 Å². The van der Waals surface area contributed by atoms with Crippen LogP contribution in [0.5, 0.6) is 11.6 Å². The second kappa shape index (κ2) is 9.86. The minimum atomic E-state index is -1.10. The van der Waals surface area contributed by atoms with Crippen LogP contribution >= 0.6 is 0 Å². The van der Waals surface area contributed by atoms with Crippen LogP contribution < -0.4 is 15.8 Å². The number of pyridine rings is 1. The van der Waals surface area contributed by atoms with E-state index in [0.717, 1.165) is 5.56 Å². The van der Waals surface area contributed by atoms with Crippen LogP contribution in [-0.2, 0) is 9.53 Å². The Balaban J connectivity index is 1.50. The molecule has 0 aliphatic carbocycles. The van der Waals surface area contributed by atoms with Crippen LogP contribution in [0.3, 0.4) is 0 Å². The molecule has 38 heavy (non-hydrogen) atoms. The normalized spacial score (nSPS) is 16.6. The summed E-state index contributed by atoms with van der Waals surface area (Å²) in [4.78, 5) is 43.4. The molecule has 2 aromatic carbocycles. The number of benzene rings is 2. The van der Waals surface area contributed by atoms with E-state index >= 15 is 4.39 Å². The van der Waals surface area contributed by atoms with Gasteiger partial charge in [-0.05, 0) is 24.3 Å². The van der Waals surface area contributed by atoms with Gasteiger partial charge in [-0.3, -0.25) is 14.9 Å². The molecular formula is C28H27FN4O5. The molecule has 1 aromatic heterocycles. The van der Waals surface area contributed by atoms with Crippen molar-refractivity contribution in [1.29, 1.82) is 0 Å². The summed E-state index contributed by atoms with van der Waals surface area (Å²) in [7, 11) is 0. The van der Waals surface area contributed by atoms with E-state index in [1.807, 2.05) is 12.1 Å². The largest absolute Gasteiger partial charge is 0.438 e. The van der Waals surface area contributed by atoms with Gasteiger partial charge in [-0.15, -0.1) is 0 Å². The number of primary amides is 1. The number of hydrogen-bond donors (Lipinski definition) is 2. The van der Waals surface area contributed by atoms with Crippen molar-refractivity contribution in [2.24, 2.45) is 11.1 Å². The summed E-state index contributed by atoms with van der Waals surface area (Å²) in [5, 5.41) is 2.18. The number of hydrogen-bond acceptors (Lipinski definition) is 6. The lowest BCUT2D eigenvalue weighted by molar-refractivity contribution is -0.128. The molecular weight excluding hydrogens is 491 g/mol. The molecule has 10 heteroatoms. The van der Waals surface area contributed by atoms with Crippen LogP contribution in [0, 0.1) is 11.2 Å². The summed E-state index contributed by atoms with van der Waals surface area (Å²) >= 11 is 0. The van der Waals surface area contributed by atoms with E-state index in [9.17, 15) is 14.4 Å². The Morgan fingerprint density at radius 3 is 2.50 bits per heavy atom. The number of para-hydroxylation sites is 1. The second-order valence-electron chi connectivity index (χ2n) is 9.80. The molecule has 0 bridgehead atoms. The number of fused-ring (bicyclic) bond motifs is 2. The predicted octanol–water partition coefficient (Wildman–Crippen LogP) is 3.82. The highest BCUT2D eigenvalue weighted by molar-refractivity contribution is 5.97. The third kappa shape index (κ3) is 4.58. The quantitative estimate of drug-likeness (QED) is 0.541. The summed E-state index contributed by atoms with van der Waals surface area (Å²) in [6.45, 7) is 5.12. The maximum atomic E-state index is 15.1. The van der Waals surface area contributed by atoms with Crippen LogP contribution in [0.25, 0.3) is 11.3 Å². The predicted molar refractivity (Wildman–Crippen MR) is 136 cm³/mol. The summed E-state index contributed by atoms with van der Waals surface area (Å²) < 4.78 is 26.4. The number of halogens is 1. The van der Waals surface area contributed by atoms with Crippen LogP contribution in [0.4, 0.5) is 9.18 Å². The summed E-state index contributed by atoms with van der Waals surface area (Å²) in [5.74, 6) is -1.29. The van der Waals surface area contributed by atoms with Gasteiger partial charge in [0.15, 0.2) is 0 Å². The molecule has 196 valence electrons. The number of amides is 4. The second-order valence-corrected chi connectivity index (χ2v) is 9.80. The van der Waals surface area contributed by atoms with Crippen molar-refractivity contribution in [1.82, 2.24) is 15.2 Å².